The van der Waals surface area contributed by atoms with Gasteiger partial charge in [-0.2, -0.15) is 0 Å². The first kappa shape index (κ1) is 18.4. The second-order valence-corrected chi connectivity index (χ2v) is 7.80. The third-order valence-electron chi connectivity index (χ3n) is 4.00. The fraction of sp³-hybridized carbons (Fsp3) is 0.562. The van der Waals surface area contributed by atoms with Crippen LogP contribution in [0.2, 0.25) is 0 Å². The van der Waals surface area contributed by atoms with Crippen LogP contribution in [0.4, 0.5) is 0 Å². The van der Waals surface area contributed by atoms with Crippen LogP contribution < -0.4 is 14.2 Å². The molecule has 0 bridgehead atoms. The fourth-order valence-corrected chi connectivity index (χ4v) is 4.48. The van der Waals surface area contributed by atoms with E-state index in [1.807, 2.05) is 6.92 Å². The molecule has 7 nitrogen and oxygen atoms in total. The van der Waals surface area contributed by atoms with Crippen LogP contribution in [0.15, 0.2) is 18.2 Å². The van der Waals surface area contributed by atoms with Crippen molar-refractivity contribution in [3.05, 3.63) is 18.2 Å². The third-order valence-corrected chi connectivity index (χ3v) is 5.75. The maximum absolute atomic E-state index is 12.4. The predicted molar refractivity (Wildman–Crippen MR) is 89.5 cm³/mol. The monoisotopic (exact) mass is 357 g/mol. The molecule has 1 aromatic carbocycles. The zero-order valence-electron chi connectivity index (χ0n) is 14.1. The quantitative estimate of drug-likeness (QED) is 0.727. The molecule has 134 valence electrons. The molecule has 1 unspecified atom stereocenters. The molecule has 0 radical (unpaired) electrons. The Labute approximate surface area is 142 Å². The van der Waals surface area contributed by atoms with E-state index < -0.39 is 9.84 Å². The first-order valence-corrected chi connectivity index (χ1v) is 9.56. The van der Waals surface area contributed by atoms with Gasteiger partial charge in [0.1, 0.15) is 17.2 Å². The number of carbonyl (C=O) groups excluding carboxylic acids is 1. The van der Waals surface area contributed by atoms with Crippen LogP contribution in [0, 0.1) is 0 Å². The van der Waals surface area contributed by atoms with Crippen molar-refractivity contribution in [3.63, 3.8) is 0 Å². The van der Waals surface area contributed by atoms with Crippen LogP contribution in [-0.2, 0) is 14.6 Å². The lowest BCUT2D eigenvalue weighted by molar-refractivity contribution is -0.135. The first-order valence-electron chi connectivity index (χ1n) is 7.74. The Morgan fingerprint density at radius 2 is 1.75 bits per heavy atom. The minimum Gasteiger partial charge on any atom is -0.496 e. The number of likely N-dealkylation sites (N-methyl/N-ethyl adjacent to an activating group) is 1. The molecule has 1 aromatic rings. The Hall–Kier alpha value is -1.96. The number of nitrogens with zero attached hydrogens (tertiary/aromatic N) is 1. The van der Waals surface area contributed by atoms with Gasteiger partial charge >= 0.3 is 0 Å². The second kappa shape index (κ2) is 7.74. The maximum atomic E-state index is 12.4. The summed E-state index contributed by atoms with van der Waals surface area (Å²) in [6.45, 7) is 2.11. The highest BCUT2D eigenvalue weighted by Gasteiger charge is 2.33. The van der Waals surface area contributed by atoms with Crippen LogP contribution in [-0.4, -0.2) is 64.1 Å². The molecule has 0 aromatic heterocycles. The van der Waals surface area contributed by atoms with Gasteiger partial charge < -0.3 is 19.1 Å². The summed E-state index contributed by atoms with van der Waals surface area (Å²) < 4.78 is 39.1. The van der Waals surface area contributed by atoms with E-state index in [9.17, 15) is 13.2 Å². The van der Waals surface area contributed by atoms with Crippen LogP contribution in [0.5, 0.6) is 17.2 Å². The van der Waals surface area contributed by atoms with Gasteiger partial charge in [-0.25, -0.2) is 8.42 Å². The van der Waals surface area contributed by atoms with Crippen LogP contribution in [0.3, 0.4) is 0 Å². The minimum absolute atomic E-state index is 0.0273. The van der Waals surface area contributed by atoms with Crippen molar-refractivity contribution in [1.29, 1.82) is 0 Å². The lowest BCUT2D eigenvalue weighted by Crippen LogP contribution is -2.43. The van der Waals surface area contributed by atoms with E-state index in [-0.39, 0.29) is 30.1 Å². The van der Waals surface area contributed by atoms with Crippen molar-refractivity contribution in [2.45, 2.75) is 19.4 Å². The van der Waals surface area contributed by atoms with E-state index in [1.54, 1.807) is 23.1 Å². The SMILES string of the molecule is CCN(C(=O)COc1cc(OC)cc(OC)c1)C1CCS(=O)(=O)C1. The minimum atomic E-state index is -3.04. The molecule has 1 amide bonds. The average molecular weight is 357 g/mol. The molecule has 1 aliphatic heterocycles. The molecule has 8 heteroatoms. The molecule has 24 heavy (non-hydrogen) atoms. The summed E-state index contributed by atoms with van der Waals surface area (Å²) >= 11 is 0. The molecule has 0 N–H and O–H groups in total. The van der Waals surface area contributed by atoms with Crippen LogP contribution >= 0.6 is 0 Å². The summed E-state index contributed by atoms with van der Waals surface area (Å²) in [5, 5.41) is 0. The molecule has 2 rings (SSSR count). The number of methoxy groups -OCH3 is 2. The van der Waals surface area contributed by atoms with Crippen molar-refractivity contribution in [2.75, 3.05) is 38.9 Å². The molecular weight excluding hydrogens is 334 g/mol. The molecule has 0 saturated carbocycles. The highest BCUT2D eigenvalue weighted by atomic mass is 32.2. The van der Waals surface area contributed by atoms with E-state index in [1.165, 1.54) is 14.2 Å². The number of amides is 1. The Morgan fingerprint density at radius 1 is 1.17 bits per heavy atom. The number of benzene rings is 1. The Kier molecular flexibility index (Phi) is 5.93. The van der Waals surface area contributed by atoms with E-state index in [4.69, 9.17) is 14.2 Å². The van der Waals surface area contributed by atoms with Crippen molar-refractivity contribution in [1.82, 2.24) is 4.90 Å². The largest absolute Gasteiger partial charge is 0.496 e. The van der Waals surface area contributed by atoms with Gasteiger partial charge in [0.2, 0.25) is 0 Å². The smallest absolute Gasteiger partial charge is 0.260 e. The summed E-state index contributed by atoms with van der Waals surface area (Å²) in [5.41, 5.74) is 0. The molecule has 1 fully saturated rings. The van der Waals surface area contributed by atoms with Gasteiger partial charge in [0, 0.05) is 30.8 Å². The van der Waals surface area contributed by atoms with Gasteiger partial charge in [0.25, 0.3) is 5.91 Å². The number of hydrogen-bond acceptors (Lipinski definition) is 6. The molecule has 0 spiro atoms. The summed E-state index contributed by atoms with van der Waals surface area (Å²) in [6, 6.07) is 4.75. The summed E-state index contributed by atoms with van der Waals surface area (Å²) in [5.74, 6) is 1.50. The summed E-state index contributed by atoms with van der Waals surface area (Å²) in [6.07, 6.45) is 0.481. The number of hydrogen-bond donors (Lipinski definition) is 0. The van der Waals surface area contributed by atoms with Gasteiger partial charge in [-0.1, -0.05) is 0 Å². The summed E-state index contributed by atoms with van der Waals surface area (Å²) in [7, 11) is 0.0246. The molecular formula is C16H23NO6S. The lowest BCUT2D eigenvalue weighted by atomic mass is 10.2. The average Bonchev–Trinajstić information content (AvgIpc) is 2.92. The van der Waals surface area contributed by atoms with Crippen LogP contribution in [0.1, 0.15) is 13.3 Å². The molecule has 1 saturated heterocycles. The van der Waals surface area contributed by atoms with Gasteiger partial charge in [0.15, 0.2) is 16.4 Å². The number of ether oxygens (including phenoxy) is 3. The van der Waals surface area contributed by atoms with Gasteiger partial charge in [-0.3, -0.25) is 4.79 Å². The molecule has 1 atom stereocenters. The molecule has 1 heterocycles. The number of sulfone groups is 1. The van der Waals surface area contributed by atoms with Crippen LogP contribution in [0.25, 0.3) is 0 Å². The van der Waals surface area contributed by atoms with E-state index in [0.29, 0.717) is 30.2 Å². The normalized spacial score (nSPS) is 18.9. The Balaban J connectivity index is 2.01. The highest BCUT2D eigenvalue weighted by Crippen LogP contribution is 2.27. The fourth-order valence-electron chi connectivity index (χ4n) is 2.75. The summed E-state index contributed by atoms with van der Waals surface area (Å²) in [4.78, 5) is 14.0. The number of rotatable bonds is 7. The van der Waals surface area contributed by atoms with E-state index >= 15 is 0 Å². The third kappa shape index (κ3) is 4.53. The Morgan fingerprint density at radius 3 is 2.21 bits per heavy atom. The standard InChI is InChI=1S/C16H23NO6S/c1-4-17(12-5-6-24(19,20)11-12)16(18)10-23-15-8-13(21-2)7-14(9-15)22-3/h7-9,12H,4-6,10-11H2,1-3H3. The van der Waals surface area contributed by atoms with Gasteiger partial charge in [-0.05, 0) is 13.3 Å². The zero-order valence-corrected chi connectivity index (χ0v) is 15.0. The van der Waals surface area contributed by atoms with Crippen molar-refractivity contribution < 1.29 is 27.4 Å². The van der Waals surface area contributed by atoms with Crippen molar-refractivity contribution in [3.8, 4) is 17.2 Å². The highest BCUT2D eigenvalue weighted by molar-refractivity contribution is 7.91. The predicted octanol–water partition coefficient (Wildman–Crippen LogP) is 1.12. The first-order chi connectivity index (χ1) is 11.4. The molecule has 0 aliphatic carbocycles. The van der Waals surface area contributed by atoms with Gasteiger partial charge in [-0.15, -0.1) is 0 Å². The zero-order chi connectivity index (χ0) is 17.7. The van der Waals surface area contributed by atoms with E-state index in [2.05, 4.69) is 0 Å². The van der Waals surface area contributed by atoms with Gasteiger partial charge in [0.05, 0.1) is 25.7 Å². The number of carbonyl (C=O) groups is 1. The Bertz CT molecular complexity index is 666. The molecule has 1 aliphatic rings. The van der Waals surface area contributed by atoms with Crippen molar-refractivity contribution >= 4 is 15.7 Å². The lowest BCUT2D eigenvalue weighted by Gasteiger charge is -2.26. The second-order valence-electron chi connectivity index (χ2n) is 5.57. The van der Waals surface area contributed by atoms with Crippen molar-refractivity contribution in [2.24, 2.45) is 0 Å². The maximum Gasteiger partial charge on any atom is 0.260 e. The van der Waals surface area contributed by atoms with E-state index in [0.717, 1.165) is 0 Å². The topological polar surface area (TPSA) is 82.1 Å².